The Hall–Kier alpha value is -0.870. The quantitative estimate of drug-likeness (QED) is 0.838. The van der Waals surface area contributed by atoms with Crippen molar-refractivity contribution in [2.75, 3.05) is 18.9 Å². The lowest BCUT2D eigenvalue weighted by atomic mass is 10.1. The number of likely N-dealkylation sites (tertiary alicyclic amines) is 1. The molecule has 1 atom stereocenters. The Kier molecular flexibility index (Phi) is 3.38. The summed E-state index contributed by atoms with van der Waals surface area (Å²) in [6.07, 6.45) is 4.07. The van der Waals surface area contributed by atoms with Gasteiger partial charge in [0.1, 0.15) is 5.82 Å². The molecule has 0 radical (unpaired) electrons. The molecule has 1 aliphatic rings. The van der Waals surface area contributed by atoms with Crippen LogP contribution in [0, 0.1) is 0 Å². The van der Waals surface area contributed by atoms with Crippen molar-refractivity contribution >= 4 is 17.4 Å². The van der Waals surface area contributed by atoms with Gasteiger partial charge >= 0.3 is 0 Å². The summed E-state index contributed by atoms with van der Waals surface area (Å²) in [5.74, 6) is 0.790. The first kappa shape index (κ1) is 10.6. The Morgan fingerprint density at radius 1 is 1.40 bits per heavy atom. The van der Waals surface area contributed by atoms with Gasteiger partial charge in [0.2, 0.25) is 0 Å². The van der Waals surface area contributed by atoms with Crippen molar-refractivity contribution in [1.82, 2.24) is 15.1 Å². The van der Waals surface area contributed by atoms with Gasteiger partial charge < -0.3 is 5.32 Å². The number of nitrogens with zero attached hydrogens (tertiary/aromatic N) is 3. The number of aromatic nitrogens is 2. The molecular weight excluding hydrogens is 212 g/mol. The van der Waals surface area contributed by atoms with Gasteiger partial charge in [-0.1, -0.05) is 11.6 Å². The molecule has 1 unspecified atom stereocenters. The standard InChI is InChI=1S/C10H15ClN4/c1-15-7-3-2-4-10(15)12-9-6-5-8(11)13-14-9/h5-6,10H,2-4,7H2,1H3,(H,12,14). The number of rotatable bonds is 2. The van der Waals surface area contributed by atoms with Crippen LogP contribution in [0.4, 0.5) is 5.82 Å². The van der Waals surface area contributed by atoms with Gasteiger partial charge in [-0.05, 0) is 45.0 Å². The molecule has 0 saturated carbocycles. The fourth-order valence-electron chi connectivity index (χ4n) is 1.82. The van der Waals surface area contributed by atoms with E-state index >= 15 is 0 Å². The summed E-state index contributed by atoms with van der Waals surface area (Å²) in [5, 5.41) is 11.6. The molecule has 1 N–H and O–H groups in total. The lowest BCUT2D eigenvalue weighted by molar-refractivity contribution is 0.206. The van der Waals surface area contributed by atoms with Crippen LogP contribution in [0.3, 0.4) is 0 Å². The van der Waals surface area contributed by atoms with Crippen molar-refractivity contribution in [2.24, 2.45) is 0 Å². The Labute approximate surface area is 94.6 Å². The molecule has 0 bridgehead atoms. The molecule has 4 nitrogen and oxygen atoms in total. The summed E-state index contributed by atoms with van der Waals surface area (Å²) < 4.78 is 0. The van der Waals surface area contributed by atoms with Crippen molar-refractivity contribution in [2.45, 2.75) is 25.4 Å². The summed E-state index contributed by atoms with van der Waals surface area (Å²) >= 11 is 5.67. The minimum absolute atomic E-state index is 0.370. The zero-order valence-electron chi connectivity index (χ0n) is 8.78. The fraction of sp³-hybridized carbons (Fsp3) is 0.600. The highest BCUT2D eigenvalue weighted by Crippen LogP contribution is 2.17. The first-order valence-corrected chi connectivity index (χ1v) is 5.59. The third-order valence-corrected chi connectivity index (χ3v) is 2.92. The van der Waals surface area contributed by atoms with Crippen LogP contribution in [-0.4, -0.2) is 34.9 Å². The van der Waals surface area contributed by atoms with Gasteiger partial charge in [0.25, 0.3) is 0 Å². The normalized spacial score (nSPS) is 22.7. The SMILES string of the molecule is CN1CCCCC1Nc1ccc(Cl)nn1. The molecule has 0 aromatic carbocycles. The van der Waals surface area contributed by atoms with E-state index in [1.165, 1.54) is 12.8 Å². The molecule has 1 fully saturated rings. The summed E-state index contributed by atoms with van der Waals surface area (Å²) in [5.41, 5.74) is 0. The number of halogens is 1. The largest absolute Gasteiger partial charge is 0.353 e. The molecule has 15 heavy (non-hydrogen) atoms. The monoisotopic (exact) mass is 226 g/mol. The maximum atomic E-state index is 5.67. The predicted molar refractivity (Wildman–Crippen MR) is 60.9 cm³/mol. The van der Waals surface area contributed by atoms with Crippen LogP contribution in [0.2, 0.25) is 5.15 Å². The van der Waals surface area contributed by atoms with Crippen LogP contribution < -0.4 is 5.32 Å². The highest BCUT2D eigenvalue weighted by atomic mass is 35.5. The van der Waals surface area contributed by atoms with E-state index in [4.69, 9.17) is 11.6 Å². The van der Waals surface area contributed by atoms with E-state index in [0.29, 0.717) is 11.3 Å². The third kappa shape index (κ3) is 2.79. The molecule has 0 amide bonds. The number of anilines is 1. The Morgan fingerprint density at radius 2 is 2.27 bits per heavy atom. The Bertz CT molecular complexity index is 314. The number of hydrogen-bond donors (Lipinski definition) is 1. The van der Waals surface area contributed by atoms with Gasteiger partial charge in [-0.2, -0.15) is 0 Å². The second-order valence-corrected chi connectivity index (χ2v) is 4.27. The van der Waals surface area contributed by atoms with Crippen LogP contribution in [0.5, 0.6) is 0 Å². The smallest absolute Gasteiger partial charge is 0.151 e. The minimum atomic E-state index is 0.370. The molecule has 2 rings (SSSR count). The van der Waals surface area contributed by atoms with Crippen LogP contribution in [0.25, 0.3) is 0 Å². The lowest BCUT2D eigenvalue weighted by Gasteiger charge is -2.33. The van der Waals surface area contributed by atoms with Gasteiger partial charge in [0, 0.05) is 0 Å². The molecular formula is C10H15ClN4. The molecule has 5 heteroatoms. The van der Waals surface area contributed by atoms with Gasteiger partial charge in [-0.3, -0.25) is 4.90 Å². The summed E-state index contributed by atoms with van der Waals surface area (Å²) in [6.45, 7) is 1.14. The predicted octanol–water partition coefficient (Wildman–Crippen LogP) is 1.98. The molecule has 82 valence electrons. The second-order valence-electron chi connectivity index (χ2n) is 3.88. The first-order chi connectivity index (χ1) is 7.25. The van der Waals surface area contributed by atoms with E-state index < -0.39 is 0 Å². The molecule has 0 aliphatic carbocycles. The number of piperidine rings is 1. The summed E-state index contributed by atoms with van der Waals surface area (Å²) in [4.78, 5) is 2.31. The summed E-state index contributed by atoms with van der Waals surface area (Å²) in [7, 11) is 2.13. The average molecular weight is 227 g/mol. The maximum absolute atomic E-state index is 5.67. The van der Waals surface area contributed by atoms with Crippen molar-refractivity contribution < 1.29 is 0 Å². The zero-order valence-corrected chi connectivity index (χ0v) is 9.54. The third-order valence-electron chi connectivity index (χ3n) is 2.72. The van der Waals surface area contributed by atoms with Crippen LogP contribution in [-0.2, 0) is 0 Å². The fourth-order valence-corrected chi connectivity index (χ4v) is 1.92. The number of nitrogens with one attached hydrogen (secondary N) is 1. The Balaban J connectivity index is 1.98. The van der Waals surface area contributed by atoms with Crippen molar-refractivity contribution in [3.05, 3.63) is 17.3 Å². The van der Waals surface area contributed by atoms with Crippen molar-refractivity contribution in [3.63, 3.8) is 0 Å². The maximum Gasteiger partial charge on any atom is 0.151 e. The van der Waals surface area contributed by atoms with E-state index in [0.717, 1.165) is 18.8 Å². The lowest BCUT2D eigenvalue weighted by Crippen LogP contribution is -2.41. The molecule has 1 saturated heterocycles. The average Bonchev–Trinajstić information content (AvgIpc) is 2.25. The van der Waals surface area contributed by atoms with E-state index in [1.54, 1.807) is 6.07 Å². The van der Waals surface area contributed by atoms with Gasteiger partial charge in [-0.15, -0.1) is 10.2 Å². The first-order valence-electron chi connectivity index (χ1n) is 5.22. The molecule has 1 aliphatic heterocycles. The highest BCUT2D eigenvalue weighted by molar-refractivity contribution is 6.29. The van der Waals surface area contributed by atoms with Gasteiger partial charge in [0.15, 0.2) is 5.15 Å². The van der Waals surface area contributed by atoms with Gasteiger partial charge in [0.05, 0.1) is 6.17 Å². The molecule has 1 aromatic heterocycles. The minimum Gasteiger partial charge on any atom is -0.353 e. The van der Waals surface area contributed by atoms with E-state index in [9.17, 15) is 0 Å². The van der Waals surface area contributed by atoms with E-state index in [-0.39, 0.29) is 0 Å². The second kappa shape index (κ2) is 4.77. The molecule has 1 aromatic rings. The Morgan fingerprint density at radius 3 is 2.93 bits per heavy atom. The van der Waals surface area contributed by atoms with Gasteiger partial charge in [-0.25, -0.2) is 0 Å². The van der Waals surface area contributed by atoms with Crippen molar-refractivity contribution in [3.8, 4) is 0 Å². The zero-order chi connectivity index (χ0) is 10.7. The summed E-state index contributed by atoms with van der Waals surface area (Å²) in [6, 6.07) is 3.61. The number of hydrogen-bond acceptors (Lipinski definition) is 4. The highest BCUT2D eigenvalue weighted by Gasteiger charge is 2.18. The van der Waals surface area contributed by atoms with E-state index in [1.807, 2.05) is 6.07 Å². The molecule has 0 spiro atoms. The van der Waals surface area contributed by atoms with Crippen LogP contribution >= 0.6 is 11.6 Å². The van der Waals surface area contributed by atoms with Crippen molar-refractivity contribution in [1.29, 1.82) is 0 Å². The van der Waals surface area contributed by atoms with Crippen LogP contribution in [0.15, 0.2) is 12.1 Å². The van der Waals surface area contributed by atoms with E-state index in [2.05, 4.69) is 27.5 Å². The van der Waals surface area contributed by atoms with Crippen LogP contribution in [0.1, 0.15) is 19.3 Å². The topological polar surface area (TPSA) is 41.0 Å². The molecule has 2 heterocycles.